The number of carbonyl (C=O) groups is 2. The van der Waals surface area contributed by atoms with Crippen LogP contribution in [0.4, 0.5) is 29.1 Å². The van der Waals surface area contributed by atoms with Crippen LogP contribution in [0.25, 0.3) is 0 Å². The summed E-state index contributed by atoms with van der Waals surface area (Å²) in [5, 5.41) is 19.1. The zero-order valence-corrected chi connectivity index (χ0v) is 21.5. The van der Waals surface area contributed by atoms with Gasteiger partial charge in [-0.15, -0.1) is 0 Å². The van der Waals surface area contributed by atoms with Crippen LogP contribution in [0, 0.1) is 17.1 Å². The largest absolute Gasteiger partial charge is 0.490 e. The van der Waals surface area contributed by atoms with E-state index in [1.807, 2.05) is 31.3 Å². The number of hydrogen-bond acceptors (Lipinski definition) is 6. The van der Waals surface area contributed by atoms with Gasteiger partial charge in [-0.3, -0.25) is 9.69 Å². The zero-order chi connectivity index (χ0) is 29.3. The van der Waals surface area contributed by atoms with Gasteiger partial charge in [0.05, 0.1) is 11.6 Å². The van der Waals surface area contributed by atoms with Gasteiger partial charge < -0.3 is 15.3 Å². The number of benzene rings is 2. The van der Waals surface area contributed by atoms with Crippen molar-refractivity contribution in [2.24, 2.45) is 0 Å². The van der Waals surface area contributed by atoms with Gasteiger partial charge in [-0.2, -0.15) is 18.4 Å². The van der Waals surface area contributed by atoms with Crippen molar-refractivity contribution in [1.29, 1.82) is 5.26 Å². The Balaban J connectivity index is 0.000000559. The van der Waals surface area contributed by atoms with Crippen LogP contribution in [-0.4, -0.2) is 59.2 Å². The van der Waals surface area contributed by atoms with Crippen molar-refractivity contribution in [3.8, 4) is 6.07 Å². The molecule has 0 unspecified atom stereocenters. The molecule has 1 aliphatic rings. The standard InChI is InChI=1S/C26H26FN5O.C2HF3O2/c1-31(24-10-13-32(14-11-24)18-20-4-2-3-19(15-20)17-28)25-16-23(9-12-29-25)30-26(33)21-5-7-22(27)8-6-21;3-2(4,5)1(6)7/h2-9,12,15-16,24H,10-11,13-14,18H2,1H3,(H,29,30,33);(H,6,7). The summed E-state index contributed by atoms with van der Waals surface area (Å²) in [7, 11) is 2.03. The van der Waals surface area contributed by atoms with E-state index in [0.29, 0.717) is 22.9 Å². The number of aromatic nitrogens is 1. The second-order valence-electron chi connectivity index (χ2n) is 9.10. The molecule has 210 valence electrons. The highest BCUT2D eigenvalue weighted by atomic mass is 19.4. The minimum Gasteiger partial charge on any atom is -0.475 e. The zero-order valence-electron chi connectivity index (χ0n) is 21.5. The van der Waals surface area contributed by atoms with Crippen molar-refractivity contribution < 1.29 is 32.3 Å². The van der Waals surface area contributed by atoms with Gasteiger partial charge in [0.2, 0.25) is 0 Å². The first-order chi connectivity index (χ1) is 19.0. The number of carbonyl (C=O) groups excluding carboxylic acids is 1. The number of carboxylic acid groups (broad SMARTS) is 1. The van der Waals surface area contributed by atoms with Crippen LogP contribution in [0.3, 0.4) is 0 Å². The topological polar surface area (TPSA) is 110 Å². The molecule has 2 heterocycles. The van der Waals surface area contributed by atoms with Crippen molar-refractivity contribution in [1.82, 2.24) is 9.88 Å². The van der Waals surface area contributed by atoms with Gasteiger partial charge in [-0.25, -0.2) is 14.2 Å². The number of nitriles is 1. The maximum absolute atomic E-state index is 13.1. The molecule has 2 aromatic carbocycles. The highest BCUT2D eigenvalue weighted by Crippen LogP contribution is 2.24. The van der Waals surface area contributed by atoms with E-state index < -0.39 is 12.1 Å². The molecule has 0 radical (unpaired) electrons. The maximum Gasteiger partial charge on any atom is 0.490 e. The number of carboxylic acids is 1. The second-order valence-corrected chi connectivity index (χ2v) is 9.10. The molecule has 1 saturated heterocycles. The molecule has 12 heteroatoms. The van der Waals surface area contributed by atoms with E-state index in [9.17, 15) is 22.4 Å². The summed E-state index contributed by atoms with van der Waals surface area (Å²) < 4.78 is 44.8. The normalized spacial score (nSPS) is 13.9. The highest BCUT2D eigenvalue weighted by molar-refractivity contribution is 6.04. The molecular formula is C28H27F4N5O3. The summed E-state index contributed by atoms with van der Waals surface area (Å²) in [6.07, 6.45) is -1.39. The molecule has 0 aliphatic carbocycles. The third-order valence-corrected chi connectivity index (χ3v) is 6.28. The molecule has 3 aromatic rings. The molecule has 1 amide bonds. The monoisotopic (exact) mass is 557 g/mol. The van der Waals surface area contributed by atoms with Gasteiger partial charge in [-0.05, 0) is 60.9 Å². The predicted molar refractivity (Wildman–Crippen MR) is 140 cm³/mol. The predicted octanol–water partition coefficient (Wildman–Crippen LogP) is 5.08. The summed E-state index contributed by atoms with van der Waals surface area (Å²) in [6, 6.07) is 19.4. The van der Waals surface area contributed by atoms with Crippen molar-refractivity contribution in [3.63, 3.8) is 0 Å². The Morgan fingerprint density at radius 2 is 1.77 bits per heavy atom. The smallest absolute Gasteiger partial charge is 0.475 e. The average Bonchev–Trinajstić information content (AvgIpc) is 2.93. The van der Waals surface area contributed by atoms with E-state index >= 15 is 0 Å². The molecule has 0 bridgehead atoms. The van der Waals surface area contributed by atoms with Gasteiger partial charge in [0.15, 0.2) is 0 Å². The van der Waals surface area contributed by atoms with Crippen molar-refractivity contribution in [3.05, 3.63) is 89.4 Å². The molecule has 1 aromatic heterocycles. The van der Waals surface area contributed by atoms with Crippen LogP contribution in [0.15, 0.2) is 66.9 Å². The average molecular weight is 558 g/mol. The number of alkyl halides is 3. The Kier molecular flexibility index (Phi) is 10.2. The Labute approximate surface area is 228 Å². The van der Waals surface area contributed by atoms with Crippen LogP contribution in [0.1, 0.15) is 34.3 Å². The SMILES string of the molecule is CN(c1cc(NC(=O)c2ccc(F)cc2)ccn1)C1CCN(Cc2cccc(C#N)c2)CC1.O=C(O)C(F)(F)F. The lowest BCUT2D eigenvalue weighted by Crippen LogP contribution is -2.43. The molecule has 0 saturated carbocycles. The molecular weight excluding hydrogens is 530 g/mol. The third kappa shape index (κ3) is 8.78. The molecule has 1 fully saturated rings. The highest BCUT2D eigenvalue weighted by Gasteiger charge is 2.38. The number of aliphatic carboxylic acids is 1. The number of amides is 1. The van der Waals surface area contributed by atoms with Gasteiger partial charge in [0.25, 0.3) is 5.91 Å². The number of anilines is 2. The number of nitrogens with zero attached hydrogens (tertiary/aromatic N) is 4. The Morgan fingerprint density at radius 1 is 1.12 bits per heavy atom. The van der Waals surface area contributed by atoms with Crippen LogP contribution < -0.4 is 10.2 Å². The van der Waals surface area contributed by atoms with Crippen molar-refractivity contribution >= 4 is 23.4 Å². The lowest BCUT2D eigenvalue weighted by molar-refractivity contribution is -0.192. The summed E-state index contributed by atoms with van der Waals surface area (Å²) in [4.78, 5) is 30.4. The summed E-state index contributed by atoms with van der Waals surface area (Å²) >= 11 is 0. The Bertz CT molecular complexity index is 1350. The van der Waals surface area contributed by atoms with Crippen molar-refractivity contribution in [2.75, 3.05) is 30.4 Å². The quantitative estimate of drug-likeness (QED) is 0.407. The van der Waals surface area contributed by atoms with E-state index in [2.05, 4.69) is 32.2 Å². The Hall–Kier alpha value is -4.50. The number of halogens is 4. The van der Waals surface area contributed by atoms with Gasteiger partial charge in [-0.1, -0.05) is 12.1 Å². The molecule has 2 N–H and O–H groups in total. The number of likely N-dealkylation sites (tertiary alicyclic amines) is 1. The fourth-order valence-corrected chi connectivity index (χ4v) is 4.14. The maximum atomic E-state index is 13.1. The van der Waals surface area contributed by atoms with Crippen LogP contribution in [-0.2, 0) is 11.3 Å². The minimum absolute atomic E-state index is 0.288. The summed E-state index contributed by atoms with van der Waals surface area (Å²) in [5.74, 6) is -2.62. The molecule has 4 rings (SSSR count). The van der Waals surface area contributed by atoms with E-state index in [0.717, 1.165) is 43.9 Å². The molecule has 1 aliphatic heterocycles. The molecule has 0 atom stereocenters. The molecule has 8 nitrogen and oxygen atoms in total. The Morgan fingerprint density at radius 3 is 2.38 bits per heavy atom. The lowest BCUT2D eigenvalue weighted by Gasteiger charge is -2.37. The minimum atomic E-state index is -5.08. The van der Waals surface area contributed by atoms with E-state index in [1.54, 1.807) is 12.3 Å². The van der Waals surface area contributed by atoms with Gasteiger partial charge in [0.1, 0.15) is 11.6 Å². The van der Waals surface area contributed by atoms with E-state index in [1.165, 1.54) is 24.3 Å². The van der Waals surface area contributed by atoms with Crippen LogP contribution in [0.2, 0.25) is 0 Å². The fourth-order valence-electron chi connectivity index (χ4n) is 4.14. The number of hydrogen-bond donors (Lipinski definition) is 2. The molecule has 0 spiro atoms. The first-order valence-corrected chi connectivity index (χ1v) is 12.2. The lowest BCUT2D eigenvalue weighted by atomic mass is 10.0. The van der Waals surface area contributed by atoms with Crippen LogP contribution >= 0.6 is 0 Å². The fraction of sp³-hybridized carbons (Fsp3) is 0.286. The first kappa shape index (κ1) is 30.0. The first-order valence-electron chi connectivity index (χ1n) is 12.2. The van der Waals surface area contributed by atoms with Gasteiger partial charge in [0, 0.05) is 56.2 Å². The number of piperidine rings is 1. The van der Waals surface area contributed by atoms with E-state index in [-0.39, 0.29) is 11.7 Å². The second kappa shape index (κ2) is 13.5. The summed E-state index contributed by atoms with van der Waals surface area (Å²) in [6.45, 7) is 2.77. The van der Waals surface area contributed by atoms with Crippen molar-refractivity contribution in [2.45, 2.75) is 31.6 Å². The molecule has 40 heavy (non-hydrogen) atoms. The third-order valence-electron chi connectivity index (χ3n) is 6.28. The number of nitrogens with one attached hydrogen (secondary N) is 1. The summed E-state index contributed by atoms with van der Waals surface area (Å²) in [5.41, 5.74) is 2.90. The van der Waals surface area contributed by atoms with E-state index in [4.69, 9.17) is 15.2 Å². The number of rotatable bonds is 6. The number of pyridine rings is 1. The van der Waals surface area contributed by atoms with Crippen LogP contribution in [0.5, 0.6) is 0 Å². The van der Waals surface area contributed by atoms with Gasteiger partial charge >= 0.3 is 12.1 Å².